The topological polar surface area (TPSA) is 51.7 Å². The van der Waals surface area contributed by atoms with Crippen LogP contribution in [0.2, 0.25) is 10.0 Å². The van der Waals surface area contributed by atoms with Crippen molar-refractivity contribution in [1.82, 2.24) is 9.88 Å². The van der Waals surface area contributed by atoms with Gasteiger partial charge in [0.25, 0.3) is 11.1 Å². The number of likely N-dealkylation sites (tertiary alicyclic amines) is 1. The van der Waals surface area contributed by atoms with Crippen LogP contribution in [-0.4, -0.2) is 42.1 Å². The molecule has 1 saturated heterocycles. The van der Waals surface area contributed by atoms with Crippen LogP contribution in [0.5, 0.6) is 10.9 Å². The van der Waals surface area contributed by atoms with Crippen molar-refractivity contribution in [1.29, 1.82) is 0 Å². The number of carbonyl (C=O) groups is 1. The van der Waals surface area contributed by atoms with Gasteiger partial charge in [-0.1, -0.05) is 34.5 Å². The molecule has 2 heterocycles. The van der Waals surface area contributed by atoms with Gasteiger partial charge in [-0.3, -0.25) is 4.79 Å². The van der Waals surface area contributed by atoms with E-state index in [4.69, 9.17) is 32.7 Å². The molecule has 1 aliphatic rings. The van der Waals surface area contributed by atoms with Gasteiger partial charge in [-0.2, -0.15) is 0 Å². The summed E-state index contributed by atoms with van der Waals surface area (Å²) in [7, 11) is 1.64. The number of hydrogen-bond acceptors (Lipinski definition) is 5. The first-order valence-corrected chi connectivity index (χ1v) is 10.5. The molecule has 1 amide bonds. The number of halogens is 2. The summed E-state index contributed by atoms with van der Waals surface area (Å²) < 4.78 is 12.3. The molecule has 28 heavy (non-hydrogen) atoms. The number of amides is 1. The van der Waals surface area contributed by atoms with Gasteiger partial charge in [-0.25, -0.2) is 4.98 Å². The summed E-state index contributed by atoms with van der Waals surface area (Å²) in [6, 6.07) is 10.7. The Morgan fingerprint density at radius 3 is 2.71 bits per heavy atom. The molecule has 0 spiro atoms. The molecule has 0 unspecified atom stereocenters. The first-order chi connectivity index (χ1) is 13.5. The van der Waals surface area contributed by atoms with Crippen LogP contribution >= 0.6 is 34.5 Å². The van der Waals surface area contributed by atoms with E-state index in [2.05, 4.69) is 4.98 Å². The van der Waals surface area contributed by atoms with Crippen molar-refractivity contribution < 1.29 is 14.3 Å². The molecule has 1 fully saturated rings. The number of methoxy groups -OCH3 is 1. The van der Waals surface area contributed by atoms with E-state index < -0.39 is 0 Å². The largest absolute Gasteiger partial charge is 0.497 e. The van der Waals surface area contributed by atoms with Crippen LogP contribution in [0.25, 0.3) is 10.2 Å². The summed E-state index contributed by atoms with van der Waals surface area (Å²) in [5.41, 5.74) is 1.33. The quantitative estimate of drug-likeness (QED) is 0.556. The molecule has 146 valence electrons. The van der Waals surface area contributed by atoms with Gasteiger partial charge in [0.1, 0.15) is 11.9 Å². The molecule has 0 saturated carbocycles. The van der Waals surface area contributed by atoms with E-state index in [9.17, 15) is 4.79 Å². The van der Waals surface area contributed by atoms with E-state index in [-0.39, 0.29) is 12.0 Å². The number of nitrogens with zero attached hydrogens (tertiary/aromatic N) is 2. The number of aromatic nitrogens is 1. The molecule has 4 rings (SSSR count). The van der Waals surface area contributed by atoms with Crippen LogP contribution in [0.4, 0.5) is 0 Å². The maximum absolute atomic E-state index is 12.7. The van der Waals surface area contributed by atoms with Crippen LogP contribution in [0.3, 0.4) is 0 Å². The Labute approximate surface area is 176 Å². The van der Waals surface area contributed by atoms with Gasteiger partial charge in [0.15, 0.2) is 0 Å². The lowest BCUT2D eigenvalue weighted by atomic mass is 10.1. The minimum atomic E-state index is -0.0990. The van der Waals surface area contributed by atoms with Crippen molar-refractivity contribution in [2.24, 2.45) is 0 Å². The Hall–Kier alpha value is -2.02. The Morgan fingerprint density at radius 1 is 1.18 bits per heavy atom. The molecule has 5 nitrogen and oxygen atoms in total. The van der Waals surface area contributed by atoms with Gasteiger partial charge < -0.3 is 14.4 Å². The SMILES string of the molecule is COc1ccc2nc(OC3CCN(C(=O)c4cc(Cl)ccc4Cl)CC3)sc2c1. The monoisotopic (exact) mass is 436 g/mol. The zero-order chi connectivity index (χ0) is 19.7. The number of piperidine rings is 1. The molecule has 8 heteroatoms. The number of thiazole rings is 1. The smallest absolute Gasteiger partial charge is 0.274 e. The van der Waals surface area contributed by atoms with Crippen LogP contribution in [0.1, 0.15) is 23.2 Å². The Kier molecular flexibility index (Phi) is 5.62. The summed E-state index contributed by atoms with van der Waals surface area (Å²) in [6.45, 7) is 1.20. The summed E-state index contributed by atoms with van der Waals surface area (Å²) in [5.74, 6) is 0.701. The molecule has 3 aromatic rings. The molecule has 1 aliphatic heterocycles. The van der Waals surface area contributed by atoms with Gasteiger partial charge in [-0.05, 0) is 36.4 Å². The van der Waals surface area contributed by atoms with Crippen molar-refractivity contribution >= 4 is 50.7 Å². The van der Waals surface area contributed by atoms with E-state index in [1.807, 2.05) is 18.2 Å². The zero-order valence-electron chi connectivity index (χ0n) is 15.2. The molecule has 2 aromatic carbocycles. The Balaban J connectivity index is 1.39. The summed E-state index contributed by atoms with van der Waals surface area (Å²) in [5, 5.41) is 1.56. The van der Waals surface area contributed by atoms with Crippen LogP contribution < -0.4 is 9.47 Å². The lowest BCUT2D eigenvalue weighted by Crippen LogP contribution is -2.41. The number of carbonyl (C=O) groups excluding carboxylic acids is 1. The highest BCUT2D eigenvalue weighted by Gasteiger charge is 2.26. The van der Waals surface area contributed by atoms with E-state index in [0.29, 0.717) is 33.9 Å². The third-order valence-corrected chi connectivity index (χ3v) is 6.21. The molecule has 1 aromatic heterocycles. The average Bonchev–Trinajstić information content (AvgIpc) is 3.11. The van der Waals surface area contributed by atoms with Gasteiger partial charge in [0, 0.05) is 31.0 Å². The van der Waals surface area contributed by atoms with E-state index in [1.54, 1.807) is 30.2 Å². The highest BCUT2D eigenvalue weighted by Crippen LogP contribution is 2.32. The standard InChI is InChI=1S/C20H18Cl2N2O3S/c1-26-14-3-5-17-18(11-14)28-20(23-17)27-13-6-8-24(9-7-13)19(25)15-10-12(21)2-4-16(15)22/h2-5,10-11,13H,6-9H2,1H3. The van der Waals surface area contributed by atoms with Crippen molar-refractivity contribution in [2.75, 3.05) is 20.2 Å². The highest BCUT2D eigenvalue weighted by molar-refractivity contribution is 7.20. The third-order valence-electron chi connectivity index (χ3n) is 4.73. The second kappa shape index (κ2) is 8.15. The first kappa shape index (κ1) is 19.3. The van der Waals surface area contributed by atoms with Crippen LogP contribution in [-0.2, 0) is 0 Å². The molecule has 0 radical (unpaired) electrons. The molecular weight excluding hydrogens is 419 g/mol. The van der Waals surface area contributed by atoms with E-state index in [0.717, 1.165) is 28.8 Å². The average molecular weight is 437 g/mol. The third kappa shape index (κ3) is 4.04. The zero-order valence-corrected chi connectivity index (χ0v) is 17.5. The van der Waals surface area contributed by atoms with E-state index in [1.165, 1.54) is 11.3 Å². The van der Waals surface area contributed by atoms with Crippen molar-refractivity contribution in [3.8, 4) is 10.9 Å². The predicted molar refractivity (Wildman–Crippen MR) is 112 cm³/mol. The molecule has 0 bridgehead atoms. The fraction of sp³-hybridized carbons (Fsp3) is 0.300. The minimum Gasteiger partial charge on any atom is -0.497 e. The summed E-state index contributed by atoms with van der Waals surface area (Å²) in [4.78, 5) is 19.1. The van der Waals surface area contributed by atoms with Crippen LogP contribution in [0.15, 0.2) is 36.4 Å². The molecule has 0 atom stereocenters. The highest BCUT2D eigenvalue weighted by atomic mass is 35.5. The molecular formula is C20H18Cl2N2O3S. The fourth-order valence-corrected chi connectivity index (χ4v) is 4.49. The molecule has 0 N–H and O–H groups in total. The van der Waals surface area contributed by atoms with Gasteiger partial charge in [0.05, 0.1) is 27.9 Å². The van der Waals surface area contributed by atoms with E-state index >= 15 is 0 Å². The number of ether oxygens (including phenoxy) is 2. The predicted octanol–water partition coefficient (Wildman–Crippen LogP) is 5.30. The normalized spacial score (nSPS) is 15.0. The number of rotatable bonds is 4. The lowest BCUT2D eigenvalue weighted by molar-refractivity contribution is 0.0595. The van der Waals surface area contributed by atoms with Gasteiger partial charge in [0.2, 0.25) is 0 Å². The second-order valence-electron chi connectivity index (χ2n) is 6.55. The number of hydrogen-bond donors (Lipinski definition) is 0. The molecule has 0 aliphatic carbocycles. The van der Waals surface area contributed by atoms with Gasteiger partial charge >= 0.3 is 0 Å². The summed E-state index contributed by atoms with van der Waals surface area (Å²) >= 11 is 13.7. The maximum Gasteiger partial charge on any atom is 0.274 e. The fourth-order valence-electron chi connectivity index (χ4n) is 3.21. The summed E-state index contributed by atoms with van der Waals surface area (Å²) in [6.07, 6.45) is 1.51. The van der Waals surface area contributed by atoms with Crippen LogP contribution in [0, 0.1) is 0 Å². The van der Waals surface area contributed by atoms with Crippen molar-refractivity contribution in [3.05, 3.63) is 52.0 Å². The Morgan fingerprint density at radius 2 is 1.96 bits per heavy atom. The van der Waals surface area contributed by atoms with Gasteiger partial charge in [-0.15, -0.1) is 0 Å². The number of fused-ring (bicyclic) bond motifs is 1. The lowest BCUT2D eigenvalue weighted by Gasteiger charge is -2.31. The second-order valence-corrected chi connectivity index (χ2v) is 8.38. The number of benzene rings is 2. The Bertz CT molecular complexity index is 1020. The maximum atomic E-state index is 12.7. The first-order valence-electron chi connectivity index (χ1n) is 8.89. The van der Waals surface area contributed by atoms with Crippen molar-refractivity contribution in [2.45, 2.75) is 18.9 Å². The minimum absolute atomic E-state index is 0.0290. The van der Waals surface area contributed by atoms with Crippen molar-refractivity contribution in [3.63, 3.8) is 0 Å².